The molecule has 1 fully saturated rings. The number of thiazole rings is 1. The van der Waals surface area contributed by atoms with Crippen molar-refractivity contribution in [2.75, 3.05) is 13.1 Å². The number of carbonyl (C=O) groups excluding carboxylic acids is 3. The second-order valence-corrected chi connectivity index (χ2v) is 10.4. The van der Waals surface area contributed by atoms with E-state index in [0.29, 0.717) is 43.8 Å². The van der Waals surface area contributed by atoms with Crippen molar-refractivity contribution in [1.29, 1.82) is 0 Å². The minimum absolute atomic E-state index is 0.0113. The summed E-state index contributed by atoms with van der Waals surface area (Å²) in [7, 11) is 0. The molecule has 1 saturated heterocycles. The van der Waals surface area contributed by atoms with Gasteiger partial charge in [0, 0.05) is 6.54 Å². The van der Waals surface area contributed by atoms with Crippen LogP contribution < -0.4 is 22.5 Å². The highest BCUT2D eigenvalue weighted by atomic mass is 32.1. The molecule has 200 valence electrons. The van der Waals surface area contributed by atoms with Crippen molar-refractivity contribution < 1.29 is 14.4 Å². The molecule has 1 unspecified atom stereocenters. The van der Waals surface area contributed by atoms with E-state index in [9.17, 15) is 14.4 Å². The van der Waals surface area contributed by atoms with Crippen LogP contribution in [0, 0.1) is 0 Å². The number of fused-ring (bicyclic) bond motifs is 1. The van der Waals surface area contributed by atoms with Crippen molar-refractivity contribution >= 4 is 45.1 Å². The number of aromatic nitrogens is 1. The predicted molar refractivity (Wildman–Crippen MR) is 149 cm³/mol. The lowest BCUT2D eigenvalue weighted by Crippen LogP contribution is -2.54. The molecule has 7 N–H and O–H groups in total. The molecular formula is C27H33N7O3S. The number of nitrogens with two attached hydrogens (primary N) is 3. The number of para-hydroxylation sites is 1. The number of guanidine groups is 1. The number of carbonyl (C=O) groups is 3. The van der Waals surface area contributed by atoms with Gasteiger partial charge >= 0.3 is 0 Å². The van der Waals surface area contributed by atoms with Gasteiger partial charge in [0.05, 0.1) is 28.3 Å². The van der Waals surface area contributed by atoms with Gasteiger partial charge in [-0.15, -0.1) is 11.3 Å². The van der Waals surface area contributed by atoms with Crippen LogP contribution in [0.25, 0.3) is 10.2 Å². The highest BCUT2D eigenvalue weighted by Gasteiger charge is 2.40. The van der Waals surface area contributed by atoms with Crippen LogP contribution in [0.5, 0.6) is 0 Å². The smallest absolute Gasteiger partial charge is 0.243 e. The van der Waals surface area contributed by atoms with Gasteiger partial charge in [-0.3, -0.25) is 29.6 Å². The third-order valence-corrected chi connectivity index (χ3v) is 7.67. The molecule has 1 aliphatic rings. The molecule has 10 nitrogen and oxygen atoms in total. The Morgan fingerprint density at radius 1 is 1.11 bits per heavy atom. The zero-order valence-corrected chi connectivity index (χ0v) is 21.9. The number of ketones is 1. The second kappa shape index (κ2) is 12.7. The number of hydrogen-bond acceptors (Lipinski definition) is 8. The summed E-state index contributed by atoms with van der Waals surface area (Å²) in [4.78, 5) is 50.2. The quantitative estimate of drug-likeness (QED) is 0.124. The highest BCUT2D eigenvalue weighted by Crippen LogP contribution is 2.28. The average molecular weight is 536 g/mol. The predicted octanol–water partition coefficient (Wildman–Crippen LogP) is 1.58. The maximum atomic E-state index is 13.7. The van der Waals surface area contributed by atoms with E-state index in [-0.39, 0.29) is 11.7 Å². The lowest BCUT2D eigenvalue weighted by Gasteiger charge is -2.31. The maximum Gasteiger partial charge on any atom is 0.243 e. The zero-order valence-electron chi connectivity index (χ0n) is 21.1. The topological polar surface area (TPSA) is 170 Å². The molecule has 38 heavy (non-hydrogen) atoms. The van der Waals surface area contributed by atoms with Crippen molar-refractivity contribution in [3.05, 3.63) is 65.2 Å². The number of imide groups is 1. The van der Waals surface area contributed by atoms with Crippen LogP contribution >= 0.6 is 11.3 Å². The van der Waals surface area contributed by atoms with Crippen LogP contribution in [0.15, 0.2) is 59.6 Å². The van der Waals surface area contributed by atoms with Gasteiger partial charge in [-0.2, -0.15) is 0 Å². The first-order valence-electron chi connectivity index (χ1n) is 12.7. The lowest BCUT2D eigenvalue weighted by atomic mass is 10.0. The van der Waals surface area contributed by atoms with Crippen molar-refractivity contribution in [2.24, 2.45) is 22.2 Å². The molecule has 3 atom stereocenters. The first-order chi connectivity index (χ1) is 18.3. The average Bonchev–Trinajstić information content (AvgIpc) is 3.56. The van der Waals surface area contributed by atoms with Gasteiger partial charge < -0.3 is 17.2 Å². The number of hydrogen-bond donors (Lipinski definition) is 4. The molecule has 2 heterocycles. The van der Waals surface area contributed by atoms with Gasteiger partial charge in [0.1, 0.15) is 0 Å². The number of likely N-dealkylation sites (tertiary alicyclic amines) is 1. The van der Waals surface area contributed by atoms with E-state index in [1.54, 1.807) is 0 Å². The monoisotopic (exact) mass is 535 g/mol. The SMILES string of the molecule is NC(N)=NCCCC(C(=O)c1nc2ccccc2s1)N1CCC[C@H]1C(=O)NC(=O)[C@@H](N)Cc1ccccc1. The lowest BCUT2D eigenvalue weighted by molar-refractivity contribution is -0.134. The van der Waals surface area contributed by atoms with Crippen LogP contribution in [-0.2, 0) is 16.0 Å². The summed E-state index contributed by atoms with van der Waals surface area (Å²) in [5.74, 6) is -1.14. The van der Waals surface area contributed by atoms with E-state index in [4.69, 9.17) is 17.2 Å². The summed E-state index contributed by atoms with van der Waals surface area (Å²) in [6.07, 6.45) is 2.56. The fourth-order valence-corrected chi connectivity index (χ4v) is 5.72. The van der Waals surface area contributed by atoms with Gasteiger partial charge in [0.15, 0.2) is 11.0 Å². The summed E-state index contributed by atoms with van der Waals surface area (Å²) >= 11 is 1.34. The van der Waals surface area contributed by atoms with E-state index < -0.39 is 29.9 Å². The molecule has 1 aromatic heterocycles. The summed E-state index contributed by atoms with van der Waals surface area (Å²) in [6, 6.07) is 14.9. The molecule has 0 bridgehead atoms. The van der Waals surface area contributed by atoms with Crippen LogP contribution in [0.4, 0.5) is 0 Å². The summed E-state index contributed by atoms with van der Waals surface area (Å²) < 4.78 is 0.920. The number of nitrogens with one attached hydrogen (secondary N) is 1. The number of amides is 2. The van der Waals surface area contributed by atoms with Crippen LogP contribution in [0.2, 0.25) is 0 Å². The summed E-state index contributed by atoms with van der Waals surface area (Å²) in [6.45, 7) is 0.912. The Morgan fingerprint density at radius 3 is 2.58 bits per heavy atom. The Balaban J connectivity index is 1.48. The Labute approximate surface area is 225 Å². The number of nitrogens with zero attached hydrogens (tertiary/aromatic N) is 3. The normalized spacial score (nSPS) is 17.1. The first-order valence-corrected chi connectivity index (χ1v) is 13.5. The molecule has 11 heteroatoms. The van der Waals surface area contributed by atoms with Gasteiger partial charge in [-0.1, -0.05) is 42.5 Å². The molecule has 0 saturated carbocycles. The minimum atomic E-state index is -0.865. The van der Waals surface area contributed by atoms with E-state index >= 15 is 0 Å². The fourth-order valence-electron chi connectivity index (χ4n) is 4.76. The standard InChI is InChI=1S/C27H33N7O3S/c28-18(16-17-8-2-1-3-9-17)24(36)33-25(37)21-12-7-15-34(21)20(11-6-14-31-27(29)30)23(35)26-32-19-10-4-5-13-22(19)38-26/h1-5,8-10,13,18,20-21H,6-7,11-12,14-16,28H2,(H4,29,30,31)(H,33,36,37)/t18-,20?,21-/m0/s1. The highest BCUT2D eigenvalue weighted by molar-refractivity contribution is 7.20. The van der Waals surface area contributed by atoms with E-state index in [0.717, 1.165) is 22.2 Å². The third kappa shape index (κ3) is 6.80. The minimum Gasteiger partial charge on any atom is -0.370 e. The number of Topliss-reactive ketones (excluding diaryl/α,β-unsaturated/α-hetero) is 1. The van der Waals surface area contributed by atoms with E-state index in [1.165, 1.54) is 11.3 Å². The third-order valence-electron chi connectivity index (χ3n) is 6.62. The van der Waals surface area contributed by atoms with Crippen molar-refractivity contribution in [3.63, 3.8) is 0 Å². The van der Waals surface area contributed by atoms with Crippen LogP contribution in [0.1, 0.15) is 41.0 Å². The molecule has 0 radical (unpaired) electrons. The van der Waals surface area contributed by atoms with Crippen molar-refractivity contribution in [2.45, 2.75) is 50.2 Å². The molecule has 3 aromatic rings. The van der Waals surface area contributed by atoms with E-state index in [2.05, 4.69) is 15.3 Å². The van der Waals surface area contributed by atoms with Crippen LogP contribution in [-0.4, -0.2) is 64.7 Å². The van der Waals surface area contributed by atoms with Gasteiger partial charge in [0.25, 0.3) is 0 Å². The maximum absolute atomic E-state index is 13.7. The van der Waals surface area contributed by atoms with Gasteiger partial charge in [-0.25, -0.2) is 4.98 Å². The largest absolute Gasteiger partial charge is 0.370 e. The number of aliphatic imine (C=N–C) groups is 1. The molecule has 4 rings (SSSR count). The molecular weight excluding hydrogens is 502 g/mol. The molecule has 2 amide bonds. The van der Waals surface area contributed by atoms with Crippen molar-refractivity contribution in [3.8, 4) is 0 Å². The molecule has 0 aliphatic carbocycles. The van der Waals surface area contributed by atoms with Gasteiger partial charge in [-0.05, 0) is 56.3 Å². The molecule has 2 aromatic carbocycles. The fraction of sp³-hybridized carbons (Fsp3) is 0.370. The van der Waals surface area contributed by atoms with Crippen LogP contribution in [0.3, 0.4) is 0 Å². The Hall–Kier alpha value is -3.67. The second-order valence-electron chi connectivity index (χ2n) is 9.36. The Kier molecular flexibility index (Phi) is 9.16. The summed E-state index contributed by atoms with van der Waals surface area (Å²) in [5.41, 5.74) is 18.7. The van der Waals surface area contributed by atoms with E-state index in [1.807, 2.05) is 59.5 Å². The molecule has 0 spiro atoms. The number of rotatable bonds is 11. The van der Waals surface area contributed by atoms with Gasteiger partial charge in [0.2, 0.25) is 17.6 Å². The van der Waals surface area contributed by atoms with Crippen molar-refractivity contribution in [1.82, 2.24) is 15.2 Å². The Bertz CT molecular complexity index is 1270. The Morgan fingerprint density at radius 2 is 1.84 bits per heavy atom. The number of benzene rings is 2. The first kappa shape index (κ1) is 27.4. The summed E-state index contributed by atoms with van der Waals surface area (Å²) in [5, 5.41) is 2.88. The zero-order chi connectivity index (χ0) is 27.1. The molecule has 1 aliphatic heterocycles.